The van der Waals surface area contributed by atoms with E-state index in [1.54, 1.807) is 0 Å². The quantitative estimate of drug-likeness (QED) is 0.490. The van der Waals surface area contributed by atoms with Crippen LogP contribution >= 0.6 is 0 Å². The first-order valence-electron chi connectivity index (χ1n) is 12.3. The van der Waals surface area contributed by atoms with Crippen molar-refractivity contribution in [2.24, 2.45) is 23.7 Å². The van der Waals surface area contributed by atoms with Crippen molar-refractivity contribution in [3.63, 3.8) is 0 Å². The lowest BCUT2D eigenvalue weighted by molar-refractivity contribution is -0.160. The van der Waals surface area contributed by atoms with Gasteiger partial charge in [-0.1, -0.05) is 42.5 Å². The number of anilines is 1. The number of imide groups is 1. The fourth-order valence-corrected chi connectivity index (χ4v) is 6.15. The monoisotopic (exact) mass is 474 g/mol. The Balaban J connectivity index is 1.32. The fraction of sp³-hybridized carbons (Fsp3) is 0.429. The summed E-state index contributed by atoms with van der Waals surface area (Å²) in [5, 5.41) is 2.77. The first-order valence-corrected chi connectivity index (χ1v) is 12.3. The molecular weight excluding hydrogens is 444 g/mol. The van der Waals surface area contributed by atoms with Crippen LogP contribution in [0.25, 0.3) is 0 Å². The highest BCUT2D eigenvalue weighted by atomic mass is 16.5. The molecule has 35 heavy (non-hydrogen) atoms. The smallest absolute Gasteiger partial charge is 0.330 e. The number of likely N-dealkylation sites (tertiary alicyclic amines) is 1. The number of ether oxygens (including phenoxy) is 1. The molecule has 182 valence electrons. The second-order valence-electron chi connectivity index (χ2n) is 10.1. The average Bonchev–Trinajstić information content (AvgIpc) is 3.53. The molecule has 1 heterocycles. The van der Waals surface area contributed by atoms with Gasteiger partial charge in [0.25, 0.3) is 5.91 Å². The number of esters is 1. The highest BCUT2D eigenvalue weighted by Crippen LogP contribution is 2.56. The standard InChI is InChI=1S/C28H30N2O5/c1-16-8-9-17(2)21(12-16)29-23(31)15-35-28(34)22(13-18-6-4-3-5-7-18)30-26(32)24-19-10-11-20(14-19)25(24)27(30)33/h3-9,12,19-20,22,24-25H,10-11,13-15H2,1-2H3,(H,29,31)/t19-,20-,22-,24-,25-/m0/s1. The maximum absolute atomic E-state index is 13.4. The van der Waals surface area contributed by atoms with Crippen LogP contribution in [0.1, 0.15) is 36.0 Å². The molecule has 2 aromatic rings. The van der Waals surface area contributed by atoms with Gasteiger partial charge in [0.05, 0.1) is 11.8 Å². The topological polar surface area (TPSA) is 92.8 Å². The molecule has 2 aromatic carbocycles. The van der Waals surface area contributed by atoms with Gasteiger partial charge < -0.3 is 10.1 Å². The van der Waals surface area contributed by atoms with Crippen LogP contribution in [0.2, 0.25) is 0 Å². The van der Waals surface area contributed by atoms with Gasteiger partial charge >= 0.3 is 5.97 Å². The molecule has 2 bridgehead atoms. The molecule has 2 aliphatic carbocycles. The van der Waals surface area contributed by atoms with E-state index >= 15 is 0 Å². The third-order valence-electron chi connectivity index (χ3n) is 7.83. The number of aryl methyl sites for hydroxylation is 2. The van der Waals surface area contributed by atoms with Crippen molar-refractivity contribution < 1.29 is 23.9 Å². The van der Waals surface area contributed by atoms with E-state index in [0.29, 0.717) is 5.69 Å². The average molecular weight is 475 g/mol. The number of fused-ring (bicyclic) bond motifs is 5. The summed E-state index contributed by atoms with van der Waals surface area (Å²) in [6, 6.07) is 13.9. The van der Waals surface area contributed by atoms with Crippen molar-refractivity contribution in [1.82, 2.24) is 4.90 Å². The highest BCUT2D eigenvalue weighted by molar-refractivity contribution is 6.08. The van der Waals surface area contributed by atoms with E-state index in [-0.39, 0.29) is 41.9 Å². The van der Waals surface area contributed by atoms with E-state index in [1.807, 2.05) is 62.4 Å². The van der Waals surface area contributed by atoms with Gasteiger partial charge in [0.15, 0.2) is 6.61 Å². The molecule has 7 nitrogen and oxygen atoms in total. The molecule has 3 fully saturated rings. The molecule has 0 spiro atoms. The first kappa shape index (κ1) is 23.3. The van der Waals surface area contributed by atoms with Gasteiger partial charge in [0.2, 0.25) is 11.8 Å². The van der Waals surface area contributed by atoms with E-state index in [1.165, 1.54) is 0 Å². The van der Waals surface area contributed by atoms with E-state index in [9.17, 15) is 19.2 Å². The van der Waals surface area contributed by atoms with Gasteiger partial charge in [-0.05, 0) is 67.7 Å². The molecular formula is C28H30N2O5. The van der Waals surface area contributed by atoms with Crippen LogP contribution in [0, 0.1) is 37.5 Å². The number of hydrogen-bond acceptors (Lipinski definition) is 5. The molecule has 5 rings (SSSR count). The summed E-state index contributed by atoms with van der Waals surface area (Å²) in [6.07, 6.45) is 3.01. The minimum atomic E-state index is -1.09. The number of nitrogens with one attached hydrogen (secondary N) is 1. The Labute approximate surface area is 204 Å². The van der Waals surface area contributed by atoms with Crippen molar-refractivity contribution in [2.45, 2.75) is 45.6 Å². The zero-order chi connectivity index (χ0) is 24.7. The largest absolute Gasteiger partial charge is 0.454 e. The Kier molecular flexibility index (Phi) is 6.17. The first-order chi connectivity index (χ1) is 16.8. The summed E-state index contributed by atoms with van der Waals surface area (Å²) in [4.78, 5) is 53.7. The third-order valence-corrected chi connectivity index (χ3v) is 7.83. The summed E-state index contributed by atoms with van der Waals surface area (Å²) < 4.78 is 5.38. The summed E-state index contributed by atoms with van der Waals surface area (Å²) in [5.41, 5.74) is 3.36. The van der Waals surface area contributed by atoms with Crippen LogP contribution in [0.15, 0.2) is 48.5 Å². The number of carbonyl (C=O) groups is 4. The molecule has 1 N–H and O–H groups in total. The Morgan fingerprint density at radius 2 is 1.66 bits per heavy atom. The van der Waals surface area contributed by atoms with Crippen molar-refractivity contribution >= 4 is 29.4 Å². The van der Waals surface area contributed by atoms with Gasteiger partial charge in [-0.2, -0.15) is 0 Å². The molecule has 1 saturated heterocycles. The number of carbonyl (C=O) groups excluding carboxylic acids is 4. The molecule has 2 saturated carbocycles. The number of nitrogens with zero attached hydrogens (tertiary/aromatic N) is 1. The summed E-state index contributed by atoms with van der Waals surface area (Å²) in [7, 11) is 0. The molecule has 0 radical (unpaired) electrons. The summed E-state index contributed by atoms with van der Waals surface area (Å²) in [6.45, 7) is 3.31. The van der Waals surface area contributed by atoms with Gasteiger partial charge in [-0.15, -0.1) is 0 Å². The zero-order valence-electron chi connectivity index (χ0n) is 20.0. The number of amides is 3. The molecule has 3 aliphatic rings. The van der Waals surface area contributed by atoms with Gasteiger partial charge in [0.1, 0.15) is 6.04 Å². The second-order valence-corrected chi connectivity index (χ2v) is 10.1. The van der Waals surface area contributed by atoms with Crippen LogP contribution in [-0.2, 0) is 30.3 Å². The van der Waals surface area contributed by atoms with Crippen molar-refractivity contribution in [2.75, 3.05) is 11.9 Å². The zero-order valence-corrected chi connectivity index (χ0v) is 20.0. The van der Waals surface area contributed by atoms with E-state index in [4.69, 9.17) is 4.74 Å². The lowest BCUT2D eigenvalue weighted by Gasteiger charge is -2.26. The van der Waals surface area contributed by atoms with Crippen molar-refractivity contribution in [3.05, 3.63) is 65.2 Å². The molecule has 0 aromatic heterocycles. The fourth-order valence-electron chi connectivity index (χ4n) is 6.15. The third kappa shape index (κ3) is 4.35. The lowest BCUT2D eigenvalue weighted by atomic mass is 9.81. The maximum Gasteiger partial charge on any atom is 0.330 e. The van der Waals surface area contributed by atoms with Crippen LogP contribution in [0.4, 0.5) is 5.69 Å². The number of benzene rings is 2. The van der Waals surface area contributed by atoms with Crippen LogP contribution in [0.5, 0.6) is 0 Å². The Bertz CT molecular complexity index is 1150. The molecule has 5 atom stereocenters. The van der Waals surface area contributed by atoms with E-state index in [2.05, 4.69) is 5.32 Å². The van der Waals surface area contributed by atoms with Crippen molar-refractivity contribution in [1.29, 1.82) is 0 Å². The Hall–Kier alpha value is -3.48. The minimum Gasteiger partial charge on any atom is -0.454 e. The predicted molar refractivity (Wildman–Crippen MR) is 129 cm³/mol. The van der Waals surface area contributed by atoms with Gasteiger partial charge in [-0.3, -0.25) is 19.3 Å². The van der Waals surface area contributed by atoms with Crippen LogP contribution in [-0.4, -0.2) is 41.2 Å². The maximum atomic E-state index is 13.4. The molecule has 3 amide bonds. The van der Waals surface area contributed by atoms with Crippen LogP contribution < -0.4 is 5.32 Å². The Morgan fingerprint density at radius 1 is 1.00 bits per heavy atom. The summed E-state index contributed by atoms with van der Waals surface area (Å²) in [5.74, 6) is -1.92. The van der Waals surface area contributed by atoms with E-state index < -0.39 is 24.5 Å². The molecule has 1 aliphatic heterocycles. The highest BCUT2D eigenvalue weighted by Gasteiger charge is 2.62. The van der Waals surface area contributed by atoms with Gasteiger partial charge in [-0.25, -0.2) is 4.79 Å². The second kappa shape index (κ2) is 9.29. The number of rotatable bonds is 7. The minimum absolute atomic E-state index is 0.157. The Morgan fingerprint density at radius 3 is 2.31 bits per heavy atom. The number of hydrogen-bond donors (Lipinski definition) is 1. The summed E-state index contributed by atoms with van der Waals surface area (Å²) >= 11 is 0. The molecule has 7 heteroatoms. The normalized spacial score (nSPS) is 25.5. The SMILES string of the molecule is Cc1ccc(C)c(NC(=O)COC(=O)[C@H](Cc2ccccc2)N2C(=O)[C@H]3[C@H]4CC[C@@H](C4)[C@@H]3C2=O)c1. The molecule has 0 unspecified atom stereocenters. The predicted octanol–water partition coefficient (Wildman–Crippen LogP) is 3.43. The van der Waals surface area contributed by atoms with Crippen LogP contribution in [0.3, 0.4) is 0 Å². The van der Waals surface area contributed by atoms with Gasteiger partial charge in [0, 0.05) is 12.1 Å². The lowest BCUT2D eigenvalue weighted by Crippen LogP contribution is -2.48. The van der Waals surface area contributed by atoms with Crippen molar-refractivity contribution in [3.8, 4) is 0 Å². The van der Waals surface area contributed by atoms with E-state index in [0.717, 1.165) is 40.9 Å².